The van der Waals surface area contributed by atoms with E-state index in [1.54, 1.807) is 11.8 Å². The van der Waals surface area contributed by atoms with Gasteiger partial charge in [-0.05, 0) is 11.2 Å². The number of rotatable bonds is 2. The van der Waals surface area contributed by atoms with E-state index < -0.39 is 0 Å². The van der Waals surface area contributed by atoms with Gasteiger partial charge in [0.15, 0.2) is 0 Å². The standard InChI is InChI=1S/C4H7ClS/c1-2-6-4-3-5/h3-4H,2H2,1H3/b4-3+. The van der Waals surface area contributed by atoms with E-state index in [0.29, 0.717) is 0 Å². The molecule has 0 heterocycles. The van der Waals surface area contributed by atoms with Crippen LogP contribution in [0.2, 0.25) is 0 Å². The molecule has 0 aliphatic carbocycles. The zero-order valence-corrected chi connectivity index (χ0v) is 5.22. The van der Waals surface area contributed by atoms with Gasteiger partial charge in [-0.25, -0.2) is 0 Å². The summed E-state index contributed by atoms with van der Waals surface area (Å²) in [6.45, 7) is 2.08. The molecule has 0 fully saturated rings. The van der Waals surface area contributed by atoms with Crippen LogP contribution in [0.15, 0.2) is 10.9 Å². The van der Waals surface area contributed by atoms with Crippen LogP contribution < -0.4 is 0 Å². The third-order valence-corrected chi connectivity index (χ3v) is 1.25. The summed E-state index contributed by atoms with van der Waals surface area (Å²) in [5.74, 6) is 1.10. The molecule has 36 valence electrons. The zero-order chi connectivity index (χ0) is 4.83. The van der Waals surface area contributed by atoms with Crippen LogP contribution in [-0.2, 0) is 0 Å². The lowest BCUT2D eigenvalue weighted by Crippen LogP contribution is -1.52. The number of thioether (sulfide) groups is 1. The smallest absolute Gasteiger partial charge is 0.0106 e. The maximum Gasteiger partial charge on any atom is 0.0106 e. The molecule has 0 aromatic heterocycles. The fourth-order valence-corrected chi connectivity index (χ4v) is 0.616. The van der Waals surface area contributed by atoms with Gasteiger partial charge in [-0.2, -0.15) is 0 Å². The minimum absolute atomic E-state index is 1.10. The third kappa shape index (κ3) is 4.38. The molecule has 0 spiro atoms. The highest BCUT2D eigenvalue weighted by atomic mass is 35.5. The van der Waals surface area contributed by atoms with E-state index in [1.807, 2.05) is 5.41 Å². The molecule has 6 heavy (non-hydrogen) atoms. The van der Waals surface area contributed by atoms with Crippen LogP contribution in [0.5, 0.6) is 0 Å². The van der Waals surface area contributed by atoms with Crippen LogP contribution in [0.3, 0.4) is 0 Å². The number of hydrogen-bond donors (Lipinski definition) is 0. The van der Waals surface area contributed by atoms with E-state index in [2.05, 4.69) is 6.92 Å². The van der Waals surface area contributed by atoms with E-state index >= 15 is 0 Å². The minimum atomic E-state index is 1.10. The van der Waals surface area contributed by atoms with Gasteiger partial charge < -0.3 is 0 Å². The van der Waals surface area contributed by atoms with Crippen LogP contribution in [0.1, 0.15) is 6.92 Å². The molecule has 0 aromatic carbocycles. The summed E-state index contributed by atoms with van der Waals surface area (Å²) < 4.78 is 0. The third-order valence-electron chi connectivity index (χ3n) is 0.314. The zero-order valence-electron chi connectivity index (χ0n) is 3.65. The second kappa shape index (κ2) is 5.38. The normalized spacial score (nSPS) is 10.3. The van der Waals surface area contributed by atoms with Gasteiger partial charge in [-0.15, -0.1) is 11.8 Å². The Labute approximate surface area is 47.6 Å². The highest BCUT2D eigenvalue weighted by molar-refractivity contribution is 8.02. The molecule has 0 aliphatic rings. The van der Waals surface area contributed by atoms with E-state index in [0.717, 1.165) is 5.75 Å². The minimum Gasteiger partial charge on any atom is -0.134 e. The largest absolute Gasteiger partial charge is 0.134 e. The molecule has 0 aromatic rings. The van der Waals surface area contributed by atoms with E-state index in [4.69, 9.17) is 11.6 Å². The van der Waals surface area contributed by atoms with Crippen molar-refractivity contribution in [1.82, 2.24) is 0 Å². The SMILES string of the molecule is CCS/C=C/Cl. The first-order valence-electron chi connectivity index (χ1n) is 1.78. The summed E-state index contributed by atoms with van der Waals surface area (Å²) in [5, 5.41) is 1.86. The van der Waals surface area contributed by atoms with Crippen molar-refractivity contribution in [3.63, 3.8) is 0 Å². The maximum absolute atomic E-state index is 5.18. The van der Waals surface area contributed by atoms with Gasteiger partial charge in [0.25, 0.3) is 0 Å². The summed E-state index contributed by atoms with van der Waals surface area (Å²) in [6.07, 6.45) is 0. The molecule has 0 rings (SSSR count). The Balaban J connectivity index is 2.66. The van der Waals surface area contributed by atoms with E-state index in [1.165, 1.54) is 5.54 Å². The van der Waals surface area contributed by atoms with Crippen molar-refractivity contribution in [2.24, 2.45) is 0 Å². The van der Waals surface area contributed by atoms with Crippen molar-refractivity contribution in [2.75, 3.05) is 5.75 Å². The fraction of sp³-hybridized carbons (Fsp3) is 0.500. The van der Waals surface area contributed by atoms with E-state index in [-0.39, 0.29) is 0 Å². The Kier molecular flexibility index (Phi) is 5.72. The molecule has 2 heteroatoms. The fourth-order valence-electron chi connectivity index (χ4n) is 0.133. The summed E-state index contributed by atoms with van der Waals surface area (Å²) in [4.78, 5) is 0. The summed E-state index contributed by atoms with van der Waals surface area (Å²) in [7, 11) is 0. The average Bonchev–Trinajstić information content (AvgIpc) is 1.61. The van der Waals surface area contributed by atoms with Crippen LogP contribution in [0.25, 0.3) is 0 Å². The van der Waals surface area contributed by atoms with Crippen molar-refractivity contribution in [3.05, 3.63) is 10.9 Å². The van der Waals surface area contributed by atoms with Crippen LogP contribution in [0.4, 0.5) is 0 Å². The van der Waals surface area contributed by atoms with Crippen molar-refractivity contribution in [2.45, 2.75) is 6.92 Å². The van der Waals surface area contributed by atoms with Crippen LogP contribution >= 0.6 is 23.4 Å². The molecule has 0 bridgehead atoms. The number of halogens is 1. The van der Waals surface area contributed by atoms with Gasteiger partial charge in [0.2, 0.25) is 0 Å². The quantitative estimate of drug-likeness (QED) is 0.542. The Morgan fingerprint density at radius 3 is 2.67 bits per heavy atom. The van der Waals surface area contributed by atoms with Gasteiger partial charge in [-0.3, -0.25) is 0 Å². The molecule has 0 atom stereocenters. The average molecular weight is 123 g/mol. The van der Waals surface area contributed by atoms with Gasteiger partial charge in [-0.1, -0.05) is 18.5 Å². The van der Waals surface area contributed by atoms with Crippen molar-refractivity contribution < 1.29 is 0 Å². The highest BCUT2D eigenvalue weighted by Gasteiger charge is 1.65. The summed E-state index contributed by atoms with van der Waals surface area (Å²) in [5.41, 5.74) is 1.52. The molecule has 0 amide bonds. The summed E-state index contributed by atoms with van der Waals surface area (Å²) >= 11 is 6.87. The first-order chi connectivity index (χ1) is 2.91. The van der Waals surface area contributed by atoms with Crippen molar-refractivity contribution in [3.8, 4) is 0 Å². The van der Waals surface area contributed by atoms with Crippen LogP contribution in [-0.4, -0.2) is 5.75 Å². The molecular formula is C4H7ClS. The Morgan fingerprint density at radius 1 is 1.83 bits per heavy atom. The Morgan fingerprint density at radius 2 is 2.50 bits per heavy atom. The topological polar surface area (TPSA) is 0 Å². The molecule has 0 nitrogen and oxygen atoms in total. The van der Waals surface area contributed by atoms with Gasteiger partial charge >= 0.3 is 0 Å². The molecule has 0 saturated heterocycles. The van der Waals surface area contributed by atoms with Crippen LogP contribution in [0, 0.1) is 0 Å². The Hall–Kier alpha value is 0.380. The number of hydrogen-bond acceptors (Lipinski definition) is 1. The lowest BCUT2D eigenvalue weighted by atomic mass is 11.0. The predicted octanol–water partition coefficient (Wildman–Crippen LogP) is 2.45. The second-order valence-electron chi connectivity index (χ2n) is 0.717. The summed E-state index contributed by atoms with van der Waals surface area (Å²) in [6, 6.07) is 0. The van der Waals surface area contributed by atoms with E-state index in [9.17, 15) is 0 Å². The molecule has 0 aliphatic heterocycles. The van der Waals surface area contributed by atoms with Gasteiger partial charge in [0.1, 0.15) is 0 Å². The monoisotopic (exact) mass is 122 g/mol. The molecule has 0 unspecified atom stereocenters. The van der Waals surface area contributed by atoms with Crippen molar-refractivity contribution >= 4 is 23.4 Å². The van der Waals surface area contributed by atoms with Crippen molar-refractivity contribution in [1.29, 1.82) is 0 Å². The lowest BCUT2D eigenvalue weighted by molar-refractivity contribution is 1.54. The highest BCUT2D eigenvalue weighted by Crippen LogP contribution is 1.99. The van der Waals surface area contributed by atoms with Gasteiger partial charge in [0.05, 0.1) is 0 Å². The molecular weight excluding hydrogens is 116 g/mol. The molecule has 0 radical (unpaired) electrons. The van der Waals surface area contributed by atoms with Gasteiger partial charge in [0, 0.05) is 5.54 Å². The molecule has 0 saturated carbocycles. The lowest BCUT2D eigenvalue weighted by Gasteiger charge is -1.76. The predicted molar refractivity (Wildman–Crippen MR) is 33.1 cm³/mol. The first kappa shape index (κ1) is 6.38. The maximum atomic E-state index is 5.18. The molecule has 0 N–H and O–H groups in total. The Bertz CT molecular complexity index is 42.8. The first-order valence-corrected chi connectivity index (χ1v) is 3.27. The second-order valence-corrected chi connectivity index (χ2v) is 2.15.